The van der Waals surface area contributed by atoms with Crippen LogP contribution in [-0.4, -0.2) is 194 Å². The number of hydrogen-bond donors (Lipinski definition) is 7. The second kappa shape index (κ2) is 37.8. The Morgan fingerprint density at radius 3 is 1.34 bits per heavy atom. The topological polar surface area (TPSA) is 317 Å². The molecule has 0 unspecified atom stereocenters. The monoisotopic (exact) mass is 1630 g/mol. The quantitative estimate of drug-likeness (QED) is 0.0296. The molecule has 0 bridgehead atoms. The van der Waals surface area contributed by atoms with Gasteiger partial charge in [-0.2, -0.15) is 11.8 Å². The van der Waals surface area contributed by atoms with Crippen LogP contribution in [0.5, 0.6) is 0 Å². The van der Waals surface area contributed by atoms with Gasteiger partial charge in [-0.15, -0.1) is 34.0 Å². The molecule has 7 N–H and O–H groups in total. The Balaban J connectivity index is 0.000000169. The molecule has 24 nitrogen and oxygen atoms in total. The molecule has 5 aliphatic rings. The minimum atomic E-state index is -0.896. The fourth-order valence-corrected chi connectivity index (χ4v) is 18.1. The number of likely N-dealkylation sites (tertiary alicyclic amines) is 3. The second-order valence-corrected chi connectivity index (χ2v) is 35.0. The summed E-state index contributed by atoms with van der Waals surface area (Å²) in [7, 11) is 0. The molecule has 9 amide bonds. The third-order valence-electron chi connectivity index (χ3n) is 21.2. The number of aryl methyl sites for hydroxylation is 3. The standard InChI is InChI=1S/C29H31FN4O4S.C28H30N4O4S2.C28H40N4O4S/c1-16(2)25(34-14-22-21(28(34)37)5-4-6-23(22)30)29(38)33-13-20(35)11-24(33)27(36)31-12-18-7-9-19(10-8-18)26-17(3)32-15-39-26;1-17-25(38-16-30-17)19-9-7-18(8-10-19)12-29-26(34)23-11-21(33)14-32(23)28(36)24(15-37-2)31-13-20-5-3-4-6-22(20)27(31)35;1-17(2)7-12-23(34)31-25(28(4,5)6)27(36)32-15-21(33)13-22(32)26(35)29-14-19-8-10-20(11-9-19)24-18(3)30-16-37-24/h4-10,15-16,20,24-25,35H,11-14H2,1-3H3,(H,31,36);3-10,16,21,23-24,33H,11-15H2,1-2H3,(H,29,34);8-11,16-17,21-22,25,33H,7,12-15H2,1-6H3,(H,29,35)(H,31,34)/t20-,24+,25+;21-,23+,24+;21-,22+,25-/m111/s1. The number of hydrogen-bond acceptors (Lipinski definition) is 19. The summed E-state index contributed by atoms with van der Waals surface area (Å²) >= 11 is 6.23. The number of nitrogens with zero attached hydrogens (tertiary/aromatic N) is 8. The second-order valence-electron chi connectivity index (χ2n) is 31.5. The van der Waals surface area contributed by atoms with Crippen molar-refractivity contribution in [3.05, 3.63) is 194 Å². The number of thiazole rings is 3. The number of carbonyl (C=O) groups excluding carboxylic acids is 9. The van der Waals surface area contributed by atoms with E-state index in [0.717, 1.165) is 77.1 Å². The number of aromatic nitrogens is 3. The Morgan fingerprint density at radius 2 is 0.956 bits per heavy atom. The highest BCUT2D eigenvalue weighted by molar-refractivity contribution is 7.98. The number of aliphatic hydroxyl groups is 3. The summed E-state index contributed by atoms with van der Waals surface area (Å²) in [5, 5.41) is 42.8. The SMILES string of the molecule is CSC[C@@H](C(=O)N1C[C@H](O)C[C@H]1C(=O)NCc1ccc(-c2scnc2C)cc1)N1Cc2ccccc2C1=O.Cc1ncsc1-c1ccc(CNC(=O)[C@@H]2C[C@@H](O)CN2C(=O)[C@@H](NC(=O)CCC(C)C)C(C)(C)C)cc1.Cc1ncsc1-c1ccc(CNC(=O)[C@@H]2C[C@@H](O)CN2C(=O)[C@H](C(C)C)N2Cc3c(F)cccc3C2=O)cc1. The van der Waals surface area contributed by atoms with E-state index in [4.69, 9.17) is 0 Å². The van der Waals surface area contributed by atoms with E-state index in [2.05, 4.69) is 36.2 Å². The third-order valence-corrected chi connectivity index (χ3v) is 24.8. The summed E-state index contributed by atoms with van der Waals surface area (Å²) in [4.78, 5) is 143. The lowest BCUT2D eigenvalue weighted by atomic mass is 9.85. The summed E-state index contributed by atoms with van der Waals surface area (Å²) in [5.41, 5.74) is 15.8. The van der Waals surface area contributed by atoms with Crippen LogP contribution in [0.1, 0.15) is 146 Å². The van der Waals surface area contributed by atoms with Gasteiger partial charge in [-0.05, 0) is 108 Å². The van der Waals surface area contributed by atoms with E-state index < -0.39 is 77.6 Å². The fraction of sp³-hybridized carbons (Fsp3) is 0.435. The van der Waals surface area contributed by atoms with Crippen LogP contribution in [0.15, 0.2) is 132 Å². The largest absolute Gasteiger partial charge is 0.391 e. The van der Waals surface area contributed by atoms with Gasteiger partial charge in [0.15, 0.2) is 0 Å². The zero-order valence-electron chi connectivity index (χ0n) is 66.1. The maximum atomic E-state index is 14.4. The first-order chi connectivity index (χ1) is 54.4. The van der Waals surface area contributed by atoms with Gasteiger partial charge < -0.3 is 61.1 Å². The number of fused-ring (bicyclic) bond motifs is 2. The molecule has 8 heterocycles. The summed E-state index contributed by atoms with van der Waals surface area (Å²) < 4.78 is 14.4. The van der Waals surface area contributed by atoms with Crippen LogP contribution in [0.3, 0.4) is 0 Å². The van der Waals surface area contributed by atoms with Crippen LogP contribution < -0.4 is 21.3 Å². The summed E-state index contributed by atoms with van der Waals surface area (Å²) in [6.45, 7) is 20.6. The van der Waals surface area contributed by atoms with Gasteiger partial charge in [0.1, 0.15) is 42.1 Å². The molecular formula is C85H101FN12O12S4. The van der Waals surface area contributed by atoms with Gasteiger partial charge in [0, 0.05) is 93.9 Å². The fourth-order valence-electron chi connectivity index (χ4n) is 15.0. The number of carbonyl (C=O) groups is 9. The van der Waals surface area contributed by atoms with Gasteiger partial charge in [0.2, 0.25) is 41.4 Å². The first kappa shape index (κ1) is 85.3. The first-order valence-corrected chi connectivity index (χ1v) is 42.4. The average Bonchev–Trinajstić information content (AvgIpc) is 1.62. The number of nitrogens with one attached hydrogen (secondary N) is 4. The lowest BCUT2D eigenvalue weighted by Gasteiger charge is -2.35. The van der Waals surface area contributed by atoms with Crippen LogP contribution in [0, 0.1) is 43.8 Å². The molecule has 114 heavy (non-hydrogen) atoms. The van der Waals surface area contributed by atoms with Crippen LogP contribution >= 0.6 is 45.8 Å². The number of aliphatic hydroxyl groups excluding tert-OH is 3. The summed E-state index contributed by atoms with van der Waals surface area (Å²) in [5.74, 6) is -2.81. The molecule has 5 aliphatic heterocycles. The summed E-state index contributed by atoms with van der Waals surface area (Å²) in [6.07, 6.45) is 0.953. The van der Waals surface area contributed by atoms with Crippen LogP contribution in [-0.2, 0) is 66.3 Å². The highest BCUT2D eigenvalue weighted by Crippen LogP contribution is 2.36. The highest BCUT2D eigenvalue weighted by atomic mass is 32.2. The minimum Gasteiger partial charge on any atom is -0.391 e. The maximum Gasteiger partial charge on any atom is 0.255 e. The Kier molecular flexibility index (Phi) is 28.3. The Hall–Kier alpha value is -9.62. The number of halogens is 1. The molecule has 0 spiro atoms. The Labute approximate surface area is 680 Å². The van der Waals surface area contributed by atoms with Crippen molar-refractivity contribution in [3.63, 3.8) is 0 Å². The molecule has 13 rings (SSSR count). The van der Waals surface area contributed by atoms with E-state index in [1.54, 1.807) is 51.0 Å². The third kappa shape index (κ3) is 20.2. The van der Waals surface area contributed by atoms with Crippen LogP contribution in [0.25, 0.3) is 31.3 Å². The predicted octanol–water partition coefficient (Wildman–Crippen LogP) is 10.3. The van der Waals surface area contributed by atoms with Crippen molar-refractivity contribution in [2.24, 2.45) is 17.3 Å². The van der Waals surface area contributed by atoms with E-state index in [-0.39, 0.29) is 110 Å². The van der Waals surface area contributed by atoms with Crippen molar-refractivity contribution in [2.75, 3.05) is 31.6 Å². The molecule has 29 heteroatoms. The van der Waals surface area contributed by atoms with Gasteiger partial charge in [0.25, 0.3) is 11.8 Å². The molecule has 0 aliphatic carbocycles. The molecule has 604 valence electrons. The molecule has 0 radical (unpaired) electrons. The van der Waals surface area contributed by atoms with Gasteiger partial charge >= 0.3 is 0 Å². The Bertz CT molecular complexity index is 4780. The zero-order valence-corrected chi connectivity index (χ0v) is 69.3. The van der Waals surface area contributed by atoms with Gasteiger partial charge in [-0.25, -0.2) is 19.3 Å². The van der Waals surface area contributed by atoms with Crippen LogP contribution in [0.4, 0.5) is 4.39 Å². The predicted molar refractivity (Wildman–Crippen MR) is 440 cm³/mol. The van der Waals surface area contributed by atoms with E-state index in [0.29, 0.717) is 43.3 Å². The van der Waals surface area contributed by atoms with Crippen molar-refractivity contribution >= 4 is 98.9 Å². The number of rotatable bonds is 24. The lowest BCUT2D eigenvalue weighted by molar-refractivity contribution is -0.144. The number of benzene rings is 5. The van der Waals surface area contributed by atoms with Crippen molar-refractivity contribution in [1.82, 2.24) is 60.7 Å². The molecular weight excluding hydrogens is 1530 g/mol. The lowest BCUT2D eigenvalue weighted by Crippen LogP contribution is -2.57. The Morgan fingerprint density at radius 1 is 0.544 bits per heavy atom. The summed E-state index contributed by atoms with van der Waals surface area (Å²) in [6, 6.07) is 30.6. The van der Waals surface area contributed by atoms with Crippen molar-refractivity contribution in [1.29, 1.82) is 0 Å². The molecule has 9 atom stereocenters. The zero-order chi connectivity index (χ0) is 82.0. The van der Waals surface area contributed by atoms with Crippen LogP contribution in [0.2, 0.25) is 0 Å². The maximum absolute atomic E-state index is 14.4. The normalized spacial score (nSPS) is 19.2. The molecule has 3 fully saturated rings. The minimum absolute atomic E-state index is 0.00756. The van der Waals surface area contributed by atoms with Gasteiger partial charge in [-0.3, -0.25) is 43.2 Å². The molecule has 5 aromatic carbocycles. The molecule has 0 saturated carbocycles. The van der Waals surface area contributed by atoms with Gasteiger partial charge in [0.05, 0.1) is 73.1 Å². The van der Waals surface area contributed by atoms with E-state index in [1.807, 2.05) is 183 Å². The average molecular weight is 1630 g/mol. The molecule has 3 aromatic heterocycles. The van der Waals surface area contributed by atoms with Crippen molar-refractivity contribution in [2.45, 2.75) is 189 Å². The highest BCUT2D eigenvalue weighted by Gasteiger charge is 2.49. The smallest absolute Gasteiger partial charge is 0.255 e. The number of thioether (sulfide) groups is 1. The first-order valence-electron chi connectivity index (χ1n) is 38.4. The van der Waals surface area contributed by atoms with Crippen molar-refractivity contribution < 1.29 is 62.9 Å². The van der Waals surface area contributed by atoms with Crippen molar-refractivity contribution in [3.8, 4) is 31.3 Å². The van der Waals surface area contributed by atoms with E-state index in [1.165, 1.54) is 43.5 Å². The van der Waals surface area contributed by atoms with E-state index in [9.17, 15) is 62.9 Å². The number of amides is 9. The van der Waals surface area contributed by atoms with Gasteiger partial charge in [-0.1, -0.05) is 146 Å². The number of β-amino-alcohol motifs (C(OH)–C–C–N with tert-alkyl or cyclic N) is 3. The molecule has 3 saturated heterocycles. The molecule has 8 aromatic rings. The van der Waals surface area contributed by atoms with E-state index >= 15 is 0 Å².